The second-order valence-electron chi connectivity index (χ2n) is 3.93. The first-order chi connectivity index (χ1) is 8.69. The number of hydrazone groups is 1. The molecule has 0 aliphatic carbocycles. The minimum Gasteiger partial charge on any atom is -0.466 e. The lowest BCUT2D eigenvalue weighted by Crippen LogP contribution is -2.38. The monoisotopic (exact) mass is 293 g/mol. The summed E-state index contributed by atoms with van der Waals surface area (Å²) in [7, 11) is 0. The van der Waals surface area contributed by atoms with Gasteiger partial charge in [0.25, 0.3) is 0 Å². The van der Waals surface area contributed by atoms with Crippen molar-refractivity contribution in [2.75, 3.05) is 6.54 Å². The van der Waals surface area contributed by atoms with Crippen LogP contribution < -0.4 is 10.7 Å². The molecule has 4 nitrogen and oxygen atoms in total. The summed E-state index contributed by atoms with van der Waals surface area (Å²) in [6.07, 6.45) is -4.32. The van der Waals surface area contributed by atoms with Crippen LogP contribution in [-0.4, -0.2) is 23.5 Å². The van der Waals surface area contributed by atoms with Crippen molar-refractivity contribution in [3.63, 3.8) is 0 Å². The predicted octanol–water partition coefficient (Wildman–Crippen LogP) is 2.65. The normalized spacial score (nSPS) is 12.4. The summed E-state index contributed by atoms with van der Waals surface area (Å²) in [6, 6.07) is 1.79. The average Bonchev–Trinajstić information content (AvgIpc) is 2.61. The maximum atomic E-state index is 11.9. The summed E-state index contributed by atoms with van der Waals surface area (Å²) in [5.74, 6) is 1.43. The number of halogens is 3. The van der Waals surface area contributed by atoms with Crippen LogP contribution in [0.3, 0.4) is 0 Å². The van der Waals surface area contributed by atoms with E-state index in [-0.39, 0.29) is 5.11 Å². The Labute approximate surface area is 114 Å². The van der Waals surface area contributed by atoms with Crippen molar-refractivity contribution in [3.8, 4) is 0 Å². The van der Waals surface area contributed by atoms with Gasteiger partial charge >= 0.3 is 6.18 Å². The third kappa shape index (κ3) is 5.29. The lowest BCUT2D eigenvalue weighted by atomic mass is 10.2. The third-order valence-electron chi connectivity index (χ3n) is 2.21. The van der Waals surface area contributed by atoms with E-state index in [9.17, 15) is 13.2 Å². The van der Waals surface area contributed by atoms with Crippen molar-refractivity contribution < 1.29 is 17.6 Å². The molecule has 0 aliphatic rings. The topological polar surface area (TPSA) is 49.6 Å². The van der Waals surface area contributed by atoms with E-state index in [1.54, 1.807) is 26.8 Å². The Bertz CT molecular complexity index is 494. The molecule has 19 heavy (non-hydrogen) atoms. The zero-order valence-electron chi connectivity index (χ0n) is 10.7. The van der Waals surface area contributed by atoms with Gasteiger partial charge in [-0.2, -0.15) is 18.3 Å². The van der Waals surface area contributed by atoms with E-state index in [1.807, 2.05) is 5.32 Å². The number of nitrogens with one attached hydrogen (secondary N) is 2. The molecule has 0 unspecified atom stereocenters. The Hall–Kier alpha value is -1.57. The Morgan fingerprint density at radius 3 is 2.53 bits per heavy atom. The molecule has 8 heteroatoms. The molecule has 0 saturated carbocycles. The molecule has 0 aliphatic heterocycles. The van der Waals surface area contributed by atoms with Crippen LogP contribution in [0.1, 0.15) is 24.0 Å². The van der Waals surface area contributed by atoms with Gasteiger partial charge in [-0.15, -0.1) is 0 Å². The van der Waals surface area contributed by atoms with Crippen LogP contribution in [0.5, 0.6) is 0 Å². The molecule has 0 amide bonds. The minimum absolute atomic E-state index is 0.186. The van der Waals surface area contributed by atoms with E-state index in [4.69, 9.17) is 4.42 Å². The molecule has 0 spiro atoms. The smallest absolute Gasteiger partial charge is 0.405 e. The molecule has 0 fully saturated rings. The van der Waals surface area contributed by atoms with Gasteiger partial charge in [0, 0.05) is 5.56 Å². The van der Waals surface area contributed by atoms with Crippen molar-refractivity contribution >= 4 is 23.0 Å². The molecule has 0 saturated heterocycles. The highest BCUT2D eigenvalue weighted by Gasteiger charge is 2.26. The quantitative estimate of drug-likeness (QED) is 0.511. The van der Waals surface area contributed by atoms with Gasteiger partial charge in [-0.05, 0) is 39.1 Å². The highest BCUT2D eigenvalue weighted by molar-refractivity contribution is 7.80. The van der Waals surface area contributed by atoms with Gasteiger partial charge in [-0.25, -0.2) is 0 Å². The molecule has 1 aromatic heterocycles. The summed E-state index contributed by atoms with van der Waals surface area (Å²) >= 11 is 4.68. The molecular weight excluding hydrogens is 279 g/mol. The van der Waals surface area contributed by atoms with Crippen molar-refractivity contribution in [3.05, 3.63) is 23.2 Å². The minimum atomic E-state index is -4.32. The van der Waals surface area contributed by atoms with Crippen LogP contribution in [0.4, 0.5) is 13.2 Å². The van der Waals surface area contributed by atoms with E-state index in [0.717, 1.165) is 11.3 Å². The Morgan fingerprint density at radius 1 is 1.42 bits per heavy atom. The number of hydrogen-bond acceptors (Lipinski definition) is 3. The molecule has 0 atom stereocenters. The number of alkyl halides is 3. The number of nitrogens with zero attached hydrogens (tertiary/aromatic N) is 1. The van der Waals surface area contributed by atoms with E-state index in [2.05, 4.69) is 22.7 Å². The van der Waals surface area contributed by atoms with Crippen LogP contribution >= 0.6 is 12.2 Å². The van der Waals surface area contributed by atoms with E-state index >= 15 is 0 Å². The second-order valence-corrected chi connectivity index (χ2v) is 4.34. The highest BCUT2D eigenvalue weighted by atomic mass is 32.1. The number of rotatable bonds is 3. The predicted molar refractivity (Wildman–Crippen MR) is 70.2 cm³/mol. The maximum absolute atomic E-state index is 11.9. The summed E-state index contributed by atoms with van der Waals surface area (Å²) < 4.78 is 41.1. The number of furan rings is 1. The fourth-order valence-electron chi connectivity index (χ4n) is 1.40. The van der Waals surface area contributed by atoms with Crippen LogP contribution in [0.2, 0.25) is 0 Å². The van der Waals surface area contributed by atoms with Crippen molar-refractivity contribution in [2.45, 2.75) is 26.9 Å². The molecule has 1 aromatic rings. The van der Waals surface area contributed by atoms with Gasteiger partial charge in [0.15, 0.2) is 5.11 Å². The number of thiocarbonyl (C=S) groups is 1. The average molecular weight is 293 g/mol. The van der Waals surface area contributed by atoms with E-state index < -0.39 is 12.7 Å². The highest BCUT2D eigenvalue weighted by Crippen LogP contribution is 2.14. The van der Waals surface area contributed by atoms with Crippen molar-refractivity contribution in [2.24, 2.45) is 5.10 Å². The van der Waals surface area contributed by atoms with E-state index in [0.29, 0.717) is 11.5 Å². The summed E-state index contributed by atoms with van der Waals surface area (Å²) in [4.78, 5) is 0. The summed E-state index contributed by atoms with van der Waals surface area (Å²) in [5.41, 5.74) is 3.71. The largest absolute Gasteiger partial charge is 0.466 e. The Balaban J connectivity index is 2.57. The molecule has 2 N–H and O–H groups in total. The maximum Gasteiger partial charge on any atom is 0.405 e. The third-order valence-corrected chi connectivity index (χ3v) is 2.44. The lowest BCUT2D eigenvalue weighted by Gasteiger charge is -2.10. The molecule has 0 bridgehead atoms. The SMILES string of the molecule is CC(=NNC(=S)NCC(F)(F)F)c1cc(C)oc1C. The van der Waals surface area contributed by atoms with E-state index in [1.165, 1.54) is 0 Å². The number of aryl methyl sites for hydroxylation is 2. The Kier molecular flexibility index (Phi) is 4.93. The molecular formula is C11H14F3N3OS. The molecule has 0 aromatic carbocycles. The first-order valence-corrected chi connectivity index (χ1v) is 5.82. The molecule has 0 radical (unpaired) electrons. The van der Waals surface area contributed by atoms with Crippen molar-refractivity contribution in [1.82, 2.24) is 10.7 Å². The van der Waals surface area contributed by atoms with Crippen LogP contribution in [-0.2, 0) is 0 Å². The van der Waals surface area contributed by atoms with Crippen LogP contribution in [0.15, 0.2) is 15.6 Å². The fraction of sp³-hybridized carbons (Fsp3) is 0.455. The summed E-state index contributed by atoms with van der Waals surface area (Å²) in [6.45, 7) is 4.09. The molecule has 106 valence electrons. The molecule has 1 heterocycles. The number of hydrogen-bond donors (Lipinski definition) is 2. The zero-order valence-corrected chi connectivity index (χ0v) is 11.5. The molecule has 1 rings (SSSR count). The van der Waals surface area contributed by atoms with Gasteiger partial charge in [-0.3, -0.25) is 5.43 Å². The fourth-order valence-corrected chi connectivity index (χ4v) is 1.52. The second kappa shape index (κ2) is 6.05. The summed E-state index contributed by atoms with van der Waals surface area (Å²) in [5, 5.41) is 5.73. The van der Waals surface area contributed by atoms with Crippen LogP contribution in [0.25, 0.3) is 0 Å². The lowest BCUT2D eigenvalue weighted by molar-refractivity contribution is -0.122. The van der Waals surface area contributed by atoms with Gasteiger partial charge < -0.3 is 9.73 Å². The Morgan fingerprint density at radius 2 is 2.05 bits per heavy atom. The van der Waals surface area contributed by atoms with Crippen molar-refractivity contribution in [1.29, 1.82) is 0 Å². The van der Waals surface area contributed by atoms with Gasteiger partial charge in [0.2, 0.25) is 0 Å². The van der Waals surface area contributed by atoms with Gasteiger partial charge in [0.1, 0.15) is 18.1 Å². The van der Waals surface area contributed by atoms with Crippen LogP contribution in [0, 0.1) is 13.8 Å². The standard InChI is InChI=1S/C11H14F3N3OS/c1-6-4-9(8(3)18-6)7(2)16-17-10(19)15-5-11(12,13)14/h4H,5H2,1-3H3,(H2,15,17,19). The zero-order chi connectivity index (χ0) is 14.6. The van der Waals surface area contributed by atoms with Gasteiger partial charge in [0.05, 0.1) is 5.71 Å². The van der Waals surface area contributed by atoms with Gasteiger partial charge in [-0.1, -0.05) is 0 Å². The first kappa shape index (κ1) is 15.5. The first-order valence-electron chi connectivity index (χ1n) is 5.41.